The van der Waals surface area contributed by atoms with Crippen LogP contribution in [0.3, 0.4) is 0 Å². The number of hydrogen-bond donors (Lipinski definition) is 2. The zero-order valence-electron chi connectivity index (χ0n) is 7.14. The Balaban J connectivity index is 2.42. The predicted molar refractivity (Wildman–Crippen MR) is 50.2 cm³/mol. The lowest BCUT2D eigenvalue weighted by molar-refractivity contribution is 0.0856. The fraction of sp³-hybridized carbons (Fsp3) is 0.300. The Morgan fingerprint density at radius 3 is 2.85 bits per heavy atom. The topological polar surface area (TPSA) is 52.8 Å². The molecular weight excluding hydrogens is 166 g/mol. The minimum atomic E-state index is -1.06. The van der Waals surface area contributed by atoms with Gasteiger partial charge in [0.2, 0.25) is 0 Å². The van der Waals surface area contributed by atoms with Crippen molar-refractivity contribution in [2.75, 3.05) is 6.61 Å². The average Bonchev–Trinajstić information content (AvgIpc) is 2.46. The second-order valence-corrected chi connectivity index (χ2v) is 3.17. The van der Waals surface area contributed by atoms with Gasteiger partial charge in [-0.3, -0.25) is 4.99 Å². The highest BCUT2D eigenvalue weighted by Gasteiger charge is 2.32. The van der Waals surface area contributed by atoms with Crippen LogP contribution in [0.5, 0.6) is 0 Å². The summed E-state index contributed by atoms with van der Waals surface area (Å²) in [5.74, 6) is 0. The first-order valence-corrected chi connectivity index (χ1v) is 4.24. The summed E-state index contributed by atoms with van der Waals surface area (Å²) in [6.07, 6.45) is 1.79. The number of hydrogen-bond acceptors (Lipinski definition) is 3. The highest BCUT2D eigenvalue weighted by atomic mass is 16.3. The maximum Gasteiger partial charge on any atom is 0.129 e. The van der Waals surface area contributed by atoms with Crippen molar-refractivity contribution >= 4 is 11.9 Å². The Hall–Kier alpha value is -1.19. The van der Waals surface area contributed by atoms with Crippen molar-refractivity contribution in [3.05, 3.63) is 29.8 Å². The minimum Gasteiger partial charge on any atom is -0.396 e. The molecule has 68 valence electrons. The third kappa shape index (κ3) is 1.26. The SMILES string of the molecule is OCCC1(O)C=Nc2ccccc21. The minimum absolute atomic E-state index is 0.0448. The van der Waals surface area contributed by atoms with Gasteiger partial charge in [0.05, 0.1) is 5.69 Å². The van der Waals surface area contributed by atoms with Crippen molar-refractivity contribution in [2.45, 2.75) is 12.0 Å². The number of rotatable bonds is 2. The quantitative estimate of drug-likeness (QED) is 0.707. The first kappa shape index (κ1) is 8.41. The van der Waals surface area contributed by atoms with Crippen molar-refractivity contribution in [3.8, 4) is 0 Å². The van der Waals surface area contributed by atoms with E-state index in [0.717, 1.165) is 11.3 Å². The Bertz CT molecular complexity index is 349. The molecule has 0 aromatic heterocycles. The van der Waals surface area contributed by atoms with E-state index >= 15 is 0 Å². The largest absolute Gasteiger partial charge is 0.396 e. The smallest absolute Gasteiger partial charge is 0.129 e. The van der Waals surface area contributed by atoms with Crippen LogP contribution in [0.2, 0.25) is 0 Å². The lowest BCUT2D eigenvalue weighted by Crippen LogP contribution is -2.26. The molecule has 1 aliphatic heterocycles. The molecule has 1 aliphatic rings. The van der Waals surface area contributed by atoms with E-state index in [1.165, 1.54) is 6.21 Å². The molecule has 0 radical (unpaired) electrons. The zero-order chi connectivity index (χ0) is 9.31. The maximum absolute atomic E-state index is 10.0. The number of aliphatic hydroxyl groups excluding tert-OH is 1. The van der Waals surface area contributed by atoms with Gasteiger partial charge in [0.15, 0.2) is 0 Å². The van der Waals surface area contributed by atoms with Crippen LogP contribution in [0.4, 0.5) is 5.69 Å². The summed E-state index contributed by atoms with van der Waals surface area (Å²) in [7, 11) is 0. The molecule has 2 N–H and O–H groups in total. The molecular formula is C10H11NO2. The Morgan fingerprint density at radius 2 is 2.08 bits per heavy atom. The second kappa shape index (κ2) is 2.94. The Labute approximate surface area is 76.4 Å². The van der Waals surface area contributed by atoms with E-state index in [1.807, 2.05) is 24.3 Å². The van der Waals surface area contributed by atoms with Crippen molar-refractivity contribution in [3.63, 3.8) is 0 Å². The van der Waals surface area contributed by atoms with Crippen LogP contribution < -0.4 is 0 Å². The zero-order valence-corrected chi connectivity index (χ0v) is 7.14. The summed E-state index contributed by atoms with van der Waals surface area (Å²) in [5, 5.41) is 18.8. The van der Waals surface area contributed by atoms with Gasteiger partial charge in [0.25, 0.3) is 0 Å². The van der Waals surface area contributed by atoms with E-state index in [2.05, 4.69) is 4.99 Å². The van der Waals surface area contributed by atoms with Crippen LogP contribution in [-0.2, 0) is 5.60 Å². The van der Waals surface area contributed by atoms with Gasteiger partial charge >= 0.3 is 0 Å². The van der Waals surface area contributed by atoms with Crippen molar-refractivity contribution in [2.24, 2.45) is 4.99 Å². The molecule has 3 heteroatoms. The monoisotopic (exact) mass is 177 g/mol. The number of fused-ring (bicyclic) bond motifs is 1. The number of benzene rings is 1. The summed E-state index contributed by atoms with van der Waals surface area (Å²) in [6.45, 7) is -0.0448. The second-order valence-electron chi connectivity index (χ2n) is 3.17. The summed E-state index contributed by atoms with van der Waals surface area (Å²) in [5.41, 5.74) is 0.508. The van der Waals surface area contributed by atoms with E-state index in [0.29, 0.717) is 6.42 Å². The van der Waals surface area contributed by atoms with Gasteiger partial charge in [0, 0.05) is 24.8 Å². The molecule has 1 aromatic rings. The van der Waals surface area contributed by atoms with E-state index in [4.69, 9.17) is 5.11 Å². The van der Waals surface area contributed by atoms with Crippen LogP contribution in [0.25, 0.3) is 0 Å². The van der Waals surface area contributed by atoms with Gasteiger partial charge in [-0.05, 0) is 6.07 Å². The van der Waals surface area contributed by atoms with Gasteiger partial charge < -0.3 is 10.2 Å². The van der Waals surface area contributed by atoms with Crippen LogP contribution in [0.15, 0.2) is 29.3 Å². The molecule has 1 heterocycles. The number of nitrogens with zero attached hydrogens (tertiary/aromatic N) is 1. The first-order chi connectivity index (χ1) is 6.26. The van der Waals surface area contributed by atoms with Gasteiger partial charge in [0.1, 0.15) is 5.60 Å². The molecule has 3 nitrogen and oxygen atoms in total. The molecule has 1 aromatic carbocycles. The molecule has 0 amide bonds. The summed E-state index contributed by atoms with van der Waals surface area (Å²) < 4.78 is 0. The third-order valence-corrected chi connectivity index (χ3v) is 2.28. The van der Waals surface area contributed by atoms with E-state index in [-0.39, 0.29) is 6.61 Å². The van der Waals surface area contributed by atoms with Crippen molar-refractivity contribution in [1.29, 1.82) is 0 Å². The lowest BCUT2D eigenvalue weighted by atomic mass is 9.93. The molecule has 0 fully saturated rings. The molecule has 1 unspecified atom stereocenters. The number of aliphatic hydroxyl groups is 2. The fourth-order valence-electron chi connectivity index (χ4n) is 1.57. The lowest BCUT2D eigenvalue weighted by Gasteiger charge is -2.19. The highest BCUT2D eigenvalue weighted by molar-refractivity contribution is 5.83. The molecule has 0 saturated carbocycles. The van der Waals surface area contributed by atoms with Gasteiger partial charge in [-0.15, -0.1) is 0 Å². The average molecular weight is 177 g/mol. The van der Waals surface area contributed by atoms with Gasteiger partial charge in [-0.2, -0.15) is 0 Å². The fourth-order valence-corrected chi connectivity index (χ4v) is 1.57. The summed E-state index contributed by atoms with van der Waals surface area (Å²) >= 11 is 0. The predicted octanol–water partition coefficient (Wildman–Crippen LogP) is 0.972. The van der Waals surface area contributed by atoms with E-state index < -0.39 is 5.60 Å². The first-order valence-electron chi connectivity index (χ1n) is 4.24. The van der Waals surface area contributed by atoms with Gasteiger partial charge in [-0.25, -0.2) is 0 Å². The van der Waals surface area contributed by atoms with Crippen molar-refractivity contribution < 1.29 is 10.2 Å². The summed E-state index contributed by atoms with van der Waals surface area (Å²) in [4.78, 5) is 4.08. The molecule has 0 bridgehead atoms. The standard InChI is InChI=1S/C10H11NO2/c12-6-5-10(13)7-11-9-4-2-1-3-8(9)10/h1-4,7,12-13H,5-6H2. The Kier molecular flexibility index (Phi) is 1.90. The highest BCUT2D eigenvalue weighted by Crippen LogP contribution is 2.36. The molecule has 0 aliphatic carbocycles. The molecule has 2 rings (SSSR count). The van der Waals surface area contributed by atoms with Crippen LogP contribution in [-0.4, -0.2) is 23.0 Å². The molecule has 13 heavy (non-hydrogen) atoms. The Morgan fingerprint density at radius 1 is 1.31 bits per heavy atom. The van der Waals surface area contributed by atoms with Crippen LogP contribution in [0, 0.1) is 0 Å². The molecule has 0 spiro atoms. The van der Waals surface area contributed by atoms with Crippen LogP contribution >= 0.6 is 0 Å². The van der Waals surface area contributed by atoms with Crippen LogP contribution in [0.1, 0.15) is 12.0 Å². The van der Waals surface area contributed by atoms with E-state index in [9.17, 15) is 5.11 Å². The van der Waals surface area contributed by atoms with Crippen molar-refractivity contribution in [1.82, 2.24) is 0 Å². The third-order valence-electron chi connectivity index (χ3n) is 2.28. The summed E-state index contributed by atoms with van der Waals surface area (Å²) in [6, 6.07) is 7.41. The maximum atomic E-state index is 10.0. The number of aliphatic imine (C=N–C) groups is 1. The molecule has 0 saturated heterocycles. The molecule has 1 atom stereocenters. The van der Waals surface area contributed by atoms with Gasteiger partial charge in [-0.1, -0.05) is 18.2 Å². The number of para-hydroxylation sites is 1. The normalized spacial score (nSPS) is 24.8. The van der Waals surface area contributed by atoms with E-state index in [1.54, 1.807) is 0 Å².